The number of esters is 1. The number of hydrogen-bond donors (Lipinski definition) is 0. The molecule has 74 valence electrons. The summed E-state index contributed by atoms with van der Waals surface area (Å²) in [5, 5.41) is 0. The predicted molar refractivity (Wildman–Crippen MR) is 52.2 cm³/mol. The number of methoxy groups -OCH3 is 1. The summed E-state index contributed by atoms with van der Waals surface area (Å²) in [6, 6.07) is 0. The van der Waals surface area contributed by atoms with Gasteiger partial charge in [-0.05, 0) is 24.7 Å². The van der Waals surface area contributed by atoms with Crippen LogP contribution < -0.4 is 0 Å². The summed E-state index contributed by atoms with van der Waals surface area (Å²) in [5.74, 6) is 0.937. The molecule has 0 amide bonds. The molecule has 0 aromatic heterocycles. The third-order valence-electron chi connectivity index (χ3n) is 2.97. The molecule has 0 aromatic carbocycles. The fourth-order valence-corrected chi connectivity index (χ4v) is 2.11. The first-order valence-corrected chi connectivity index (χ1v) is 4.89. The minimum atomic E-state index is -0.0727. The highest BCUT2D eigenvalue weighted by Crippen LogP contribution is 2.34. The van der Waals surface area contributed by atoms with Crippen molar-refractivity contribution in [2.45, 2.75) is 26.2 Å². The van der Waals surface area contributed by atoms with Crippen LogP contribution in [0.2, 0.25) is 0 Å². The highest BCUT2D eigenvalue weighted by Gasteiger charge is 2.32. The van der Waals surface area contributed by atoms with Gasteiger partial charge in [-0.25, -0.2) is 0 Å². The molecule has 13 heavy (non-hydrogen) atoms. The standard InChI is InChI=1S/C11H18O2/c1-4-9-6-5-8(2)7-10(9)11(12)13-3/h4,8-10H,1,5-7H2,2-3H3. The minimum Gasteiger partial charge on any atom is -0.469 e. The van der Waals surface area contributed by atoms with Gasteiger partial charge in [-0.1, -0.05) is 19.4 Å². The van der Waals surface area contributed by atoms with Gasteiger partial charge < -0.3 is 4.74 Å². The molecule has 3 atom stereocenters. The van der Waals surface area contributed by atoms with Crippen LogP contribution in [-0.2, 0) is 9.53 Å². The van der Waals surface area contributed by atoms with Crippen LogP contribution in [0.1, 0.15) is 26.2 Å². The predicted octanol–water partition coefficient (Wildman–Crippen LogP) is 2.40. The first-order chi connectivity index (χ1) is 6.19. The van der Waals surface area contributed by atoms with Crippen LogP contribution in [-0.4, -0.2) is 13.1 Å². The van der Waals surface area contributed by atoms with Crippen molar-refractivity contribution < 1.29 is 9.53 Å². The monoisotopic (exact) mass is 182 g/mol. The summed E-state index contributed by atoms with van der Waals surface area (Å²) in [7, 11) is 1.46. The van der Waals surface area contributed by atoms with E-state index in [9.17, 15) is 4.79 Å². The Morgan fingerprint density at radius 3 is 2.77 bits per heavy atom. The molecule has 2 heteroatoms. The quantitative estimate of drug-likeness (QED) is 0.484. The molecule has 0 saturated heterocycles. The van der Waals surface area contributed by atoms with Crippen molar-refractivity contribution >= 4 is 5.97 Å². The number of allylic oxidation sites excluding steroid dienone is 1. The van der Waals surface area contributed by atoms with E-state index in [-0.39, 0.29) is 11.9 Å². The number of carbonyl (C=O) groups is 1. The van der Waals surface area contributed by atoms with Crippen molar-refractivity contribution in [2.75, 3.05) is 7.11 Å². The van der Waals surface area contributed by atoms with Gasteiger partial charge in [0.05, 0.1) is 13.0 Å². The Morgan fingerprint density at radius 1 is 1.54 bits per heavy atom. The molecule has 1 fully saturated rings. The molecule has 0 heterocycles. The van der Waals surface area contributed by atoms with Crippen LogP contribution in [0.3, 0.4) is 0 Å². The largest absolute Gasteiger partial charge is 0.469 e. The van der Waals surface area contributed by atoms with Gasteiger partial charge in [0.25, 0.3) is 0 Å². The molecule has 0 radical (unpaired) electrons. The fraction of sp³-hybridized carbons (Fsp3) is 0.727. The van der Waals surface area contributed by atoms with Crippen LogP contribution >= 0.6 is 0 Å². The summed E-state index contributed by atoms with van der Waals surface area (Å²) in [6.07, 6.45) is 5.12. The van der Waals surface area contributed by atoms with Crippen molar-refractivity contribution in [2.24, 2.45) is 17.8 Å². The molecule has 1 aliphatic carbocycles. The zero-order chi connectivity index (χ0) is 9.84. The van der Waals surface area contributed by atoms with Gasteiger partial charge in [0.1, 0.15) is 0 Å². The fourth-order valence-electron chi connectivity index (χ4n) is 2.11. The molecular formula is C11H18O2. The molecule has 1 saturated carbocycles. The molecule has 1 rings (SSSR count). The molecule has 0 aromatic rings. The second kappa shape index (κ2) is 4.45. The lowest BCUT2D eigenvalue weighted by molar-refractivity contribution is -0.148. The van der Waals surface area contributed by atoms with Crippen molar-refractivity contribution in [3.8, 4) is 0 Å². The maximum atomic E-state index is 11.4. The van der Waals surface area contributed by atoms with E-state index < -0.39 is 0 Å². The van der Waals surface area contributed by atoms with Crippen molar-refractivity contribution in [1.82, 2.24) is 0 Å². The molecule has 0 spiro atoms. The van der Waals surface area contributed by atoms with Gasteiger partial charge >= 0.3 is 5.97 Å². The smallest absolute Gasteiger partial charge is 0.309 e. The second-order valence-electron chi connectivity index (χ2n) is 3.95. The maximum Gasteiger partial charge on any atom is 0.309 e. The molecule has 3 unspecified atom stereocenters. The van der Waals surface area contributed by atoms with E-state index in [0.717, 1.165) is 12.8 Å². The summed E-state index contributed by atoms with van der Waals surface area (Å²) < 4.78 is 4.78. The highest BCUT2D eigenvalue weighted by atomic mass is 16.5. The van der Waals surface area contributed by atoms with E-state index in [0.29, 0.717) is 11.8 Å². The van der Waals surface area contributed by atoms with Gasteiger partial charge in [0.2, 0.25) is 0 Å². The normalized spacial score (nSPS) is 33.8. The molecule has 2 nitrogen and oxygen atoms in total. The average molecular weight is 182 g/mol. The molecular weight excluding hydrogens is 164 g/mol. The molecule has 1 aliphatic rings. The summed E-state index contributed by atoms with van der Waals surface area (Å²) >= 11 is 0. The number of hydrogen-bond acceptors (Lipinski definition) is 2. The Morgan fingerprint density at radius 2 is 2.23 bits per heavy atom. The van der Waals surface area contributed by atoms with Crippen molar-refractivity contribution in [1.29, 1.82) is 0 Å². The van der Waals surface area contributed by atoms with Crippen LogP contribution in [0.5, 0.6) is 0 Å². The van der Waals surface area contributed by atoms with E-state index in [1.165, 1.54) is 13.5 Å². The highest BCUT2D eigenvalue weighted by molar-refractivity contribution is 5.73. The summed E-state index contributed by atoms with van der Waals surface area (Å²) in [6.45, 7) is 5.96. The first-order valence-electron chi connectivity index (χ1n) is 4.89. The van der Waals surface area contributed by atoms with Gasteiger partial charge in [0.15, 0.2) is 0 Å². The first kappa shape index (κ1) is 10.3. The number of ether oxygens (including phenoxy) is 1. The summed E-state index contributed by atoms with van der Waals surface area (Å²) in [4.78, 5) is 11.4. The second-order valence-corrected chi connectivity index (χ2v) is 3.95. The van der Waals surface area contributed by atoms with Crippen LogP contribution in [0, 0.1) is 17.8 Å². The van der Waals surface area contributed by atoms with Crippen LogP contribution in [0.25, 0.3) is 0 Å². The third kappa shape index (κ3) is 2.33. The Kier molecular flexibility index (Phi) is 3.52. The Bertz CT molecular complexity index is 198. The topological polar surface area (TPSA) is 26.3 Å². The minimum absolute atomic E-state index is 0.0475. The van der Waals surface area contributed by atoms with Crippen molar-refractivity contribution in [3.63, 3.8) is 0 Å². The molecule has 0 N–H and O–H groups in total. The lowest BCUT2D eigenvalue weighted by Crippen LogP contribution is -2.30. The zero-order valence-electron chi connectivity index (χ0n) is 8.45. The van der Waals surface area contributed by atoms with Gasteiger partial charge in [-0.3, -0.25) is 4.79 Å². The zero-order valence-corrected chi connectivity index (χ0v) is 8.45. The van der Waals surface area contributed by atoms with Crippen LogP contribution in [0.15, 0.2) is 12.7 Å². The molecule has 0 bridgehead atoms. The van der Waals surface area contributed by atoms with E-state index in [1.54, 1.807) is 0 Å². The number of carbonyl (C=O) groups excluding carboxylic acids is 1. The van der Waals surface area contributed by atoms with E-state index in [4.69, 9.17) is 4.74 Å². The maximum absolute atomic E-state index is 11.4. The lowest BCUT2D eigenvalue weighted by Gasteiger charge is -2.30. The molecule has 0 aliphatic heterocycles. The average Bonchev–Trinajstić information content (AvgIpc) is 2.16. The Labute approximate surface area is 80.0 Å². The van der Waals surface area contributed by atoms with Crippen molar-refractivity contribution in [3.05, 3.63) is 12.7 Å². The van der Waals surface area contributed by atoms with E-state index in [1.807, 2.05) is 6.08 Å². The van der Waals surface area contributed by atoms with Crippen LogP contribution in [0.4, 0.5) is 0 Å². The van der Waals surface area contributed by atoms with Gasteiger partial charge in [0, 0.05) is 0 Å². The number of rotatable bonds is 2. The Balaban J connectivity index is 2.64. The SMILES string of the molecule is C=CC1CCC(C)CC1C(=O)OC. The van der Waals surface area contributed by atoms with E-state index in [2.05, 4.69) is 13.5 Å². The van der Waals surface area contributed by atoms with Gasteiger partial charge in [-0.15, -0.1) is 6.58 Å². The summed E-state index contributed by atoms with van der Waals surface area (Å²) in [5.41, 5.74) is 0. The van der Waals surface area contributed by atoms with E-state index >= 15 is 0 Å². The Hall–Kier alpha value is -0.790. The lowest BCUT2D eigenvalue weighted by atomic mass is 9.75. The third-order valence-corrected chi connectivity index (χ3v) is 2.97. The van der Waals surface area contributed by atoms with Gasteiger partial charge in [-0.2, -0.15) is 0 Å².